The molecule has 2 heterocycles. The van der Waals surface area contributed by atoms with Crippen LogP contribution in [0.25, 0.3) is 10.9 Å². The third-order valence-electron chi connectivity index (χ3n) is 6.64. The quantitative estimate of drug-likeness (QED) is 0.645. The van der Waals surface area contributed by atoms with E-state index < -0.39 is 11.9 Å². The molecule has 162 valence electrons. The highest BCUT2D eigenvalue weighted by Gasteiger charge is 2.27. The number of piperazine rings is 1. The Morgan fingerprint density at radius 2 is 1.83 bits per heavy atom. The van der Waals surface area contributed by atoms with Gasteiger partial charge in [-0.25, -0.2) is 0 Å². The molecule has 2 aromatic rings. The van der Waals surface area contributed by atoms with Gasteiger partial charge in [0.1, 0.15) is 6.04 Å². The first-order chi connectivity index (χ1) is 14.6. The predicted molar refractivity (Wildman–Crippen MR) is 118 cm³/mol. The molecule has 0 bridgehead atoms. The minimum atomic E-state index is -0.708. The molecule has 4 rings (SSSR count). The van der Waals surface area contributed by atoms with Gasteiger partial charge in [-0.05, 0) is 24.5 Å². The molecule has 2 fully saturated rings. The van der Waals surface area contributed by atoms with E-state index >= 15 is 0 Å². The van der Waals surface area contributed by atoms with Gasteiger partial charge in [0.25, 0.3) is 0 Å². The highest BCUT2D eigenvalue weighted by atomic mass is 16.2. The molecule has 1 aliphatic carbocycles. The number of hydrogen-bond acceptors (Lipinski definition) is 4. The summed E-state index contributed by atoms with van der Waals surface area (Å²) in [7, 11) is 0. The number of nitrogens with two attached hydrogens (primary N) is 1. The van der Waals surface area contributed by atoms with Crippen LogP contribution < -0.4 is 11.1 Å². The van der Waals surface area contributed by atoms with Crippen LogP contribution in [0.5, 0.6) is 0 Å². The smallest absolute Gasteiger partial charge is 0.240 e. The van der Waals surface area contributed by atoms with Crippen LogP contribution in [0.3, 0.4) is 0 Å². The molecule has 1 aromatic carbocycles. The Morgan fingerprint density at radius 3 is 2.57 bits per heavy atom. The first kappa shape index (κ1) is 20.9. The van der Waals surface area contributed by atoms with Crippen molar-refractivity contribution >= 4 is 22.7 Å². The molecule has 30 heavy (non-hydrogen) atoms. The summed E-state index contributed by atoms with van der Waals surface area (Å²) in [5, 5.41) is 3.91. The van der Waals surface area contributed by atoms with Crippen LogP contribution in [0.2, 0.25) is 0 Å². The third kappa shape index (κ3) is 5.02. The topological polar surface area (TPSA) is 94.5 Å². The summed E-state index contributed by atoms with van der Waals surface area (Å²) in [5.41, 5.74) is 7.59. The molecule has 4 N–H and O–H groups in total. The van der Waals surface area contributed by atoms with Gasteiger partial charge in [0.05, 0.1) is 6.54 Å². The van der Waals surface area contributed by atoms with Crippen LogP contribution in [0.4, 0.5) is 0 Å². The standard InChI is InChI=1S/C23H33N5O2/c24-23(30)21(14-17-15-25-20-9-5-4-8-19(17)20)26-22(29)16-27-10-12-28(13-11-27)18-6-2-1-3-7-18/h4-5,8-9,15,18,21,25H,1-3,6-7,10-14,16H2,(H2,24,30)(H,26,29). The molecule has 1 unspecified atom stereocenters. The summed E-state index contributed by atoms with van der Waals surface area (Å²) in [4.78, 5) is 32.6. The second-order valence-electron chi connectivity index (χ2n) is 8.69. The summed E-state index contributed by atoms with van der Waals surface area (Å²) in [6.07, 6.45) is 8.97. The van der Waals surface area contributed by atoms with E-state index in [-0.39, 0.29) is 5.91 Å². The zero-order chi connectivity index (χ0) is 20.9. The number of carbonyl (C=O) groups is 2. The molecular formula is C23H33N5O2. The van der Waals surface area contributed by atoms with E-state index in [9.17, 15) is 9.59 Å². The zero-order valence-electron chi connectivity index (χ0n) is 17.6. The van der Waals surface area contributed by atoms with E-state index in [1.165, 1.54) is 32.1 Å². The lowest BCUT2D eigenvalue weighted by molar-refractivity contribution is -0.128. The lowest BCUT2D eigenvalue weighted by atomic mass is 9.94. The van der Waals surface area contributed by atoms with Gasteiger partial charge in [-0.3, -0.25) is 19.4 Å². The number of aromatic nitrogens is 1. The molecule has 2 amide bonds. The summed E-state index contributed by atoms with van der Waals surface area (Å²) in [5.74, 6) is -0.638. The summed E-state index contributed by atoms with van der Waals surface area (Å²) >= 11 is 0. The van der Waals surface area contributed by atoms with Gasteiger partial charge < -0.3 is 16.0 Å². The van der Waals surface area contributed by atoms with E-state index in [4.69, 9.17) is 5.73 Å². The Labute approximate surface area is 178 Å². The fourth-order valence-corrected chi connectivity index (χ4v) is 4.92. The molecule has 0 spiro atoms. The van der Waals surface area contributed by atoms with Gasteiger partial charge in [-0.15, -0.1) is 0 Å². The highest BCUT2D eigenvalue weighted by molar-refractivity contribution is 5.89. The number of para-hydroxylation sites is 1. The first-order valence-corrected chi connectivity index (χ1v) is 11.2. The van der Waals surface area contributed by atoms with Gasteiger partial charge in [0.2, 0.25) is 11.8 Å². The minimum absolute atomic E-state index is 0.134. The normalized spacial score (nSPS) is 20.3. The van der Waals surface area contributed by atoms with Crippen molar-refractivity contribution in [3.63, 3.8) is 0 Å². The second-order valence-corrected chi connectivity index (χ2v) is 8.69. The van der Waals surface area contributed by atoms with Crippen molar-refractivity contribution in [2.24, 2.45) is 5.73 Å². The van der Waals surface area contributed by atoms with Gasteiger partial charge in [-0.2, -0.15) is 0 Å². The van der Waals surface area contributed by atoms with Crippen LogP contribution in [0.1, 0.15) is 37.7 Å². The minimum Gasteiger partial charge on any atom is -0.368 e. The van der Waals surface area contributed by atoms with Crippen LogP contribution in [0, 0.1) is 0 Å². The number of hydrogen-bond donors (Lipinski definition) is 3. The second kappa shape index (κ2) is 9.62. The summed E-state index contributed by atoms with van der Waals surface area (Å²) in [6, 6.07) is 7.94. The Hall–Kier alpha value is -2.38. The fraction of sp³-hybridized carbons (Fsp3) is 0.565. The van der Waals surface area contributed by atoms with Crippen molar-refractivity contribution in [2.75, 3.05) is 32.7 Å². The van der Waals surface area contributed by atoms with Crippen LogP contribution in [0.15, 0.2) is 30.5 Å². The number of primary amides is 1. The number of benzene rings is 1. The van der Waals surface area contributed by atoms with Crippen molar-refractivity contribution in [3.05, 3.63) is 36.0 Å². The number of amides is 2. The van der Waals surface area contributed by atoms with Crippen molar-refractivity contribution in [1.82, 2.24) is 20.1 Å². The average Bonchev–Trinajstić information content (AvgIpc) is 3.17. The van der Waals surface area contributed by atoms with E-state index in [0.29, 0.717) is 13.0 Å². The van der Waals surface area contributed by atoms with E-state index in [2.05, 4.69) is 20.1 Å². The van der Waals surface area contributed by atoms with Gasteiger partial charge in [0.15, 0.2) is 0 Å². The van der Waals surface area contributed by atoms with Crippen molar-refractivity contribution in [1.29, 1.82) is 0 Å². The lowest BCUT2D eigenvalue weighted by Crippen LogP contribution is -2.54. The molecule has 7 nitrogen and oxygen atoms in total. The average molecular weight is 412 g/mol. The number of fused-ring (bicyclic) bond motifs is 1. The number of aromatic amines is 1. The van der Waals surface area contributed by atoms with Gasteiger partial charge >= 0.3 is 0 Å². The number of rotatable bonds is 7. The van der Waals surface area contributed by atoms with Crippen molar-refractivity contribution in [2.45, 2.75) is 50.6 Å². The maximum atomic E-state index is 12.6. The van der Waals surface area contributed by atoms with E-state index in [1.807, 2.05) is 30.5 Å². The molecule has 1 saturated heterocycles. The molecule has 1 atom stereocenters. The Morgan fingerprint density at radius 1 is 1.10 bits per heavy atom. The Bertz CT molecular complexity index is 865. The molecule has 0 radical (unpaired) electrons. The molecule has 1 aliphatic heterocycles. The van der Waals surface area contributed by atoms with E-state index in [1.54, 1.807) is 0 Å². The van der Waals surface area contributed by atoms with E-state index in [0.717, 1.165) is 48.7 Å². The number of carbonyl (C=O) groups excluding carboxylic acids is 2. The van der Waals surface area contributed by atoms with Crippen LogP contribution in [-0.2, 0) is 16.0 Å². The largest absolute Gasteiger partial charge is 0.368 e. The SMILES string of the molecule is NC(=O)C(Cc1c[nH]c2ccccc12)NC(=O)CN1CCN(C2CCCCC2)CC1. The maximum absolute atomic E-state index is 12.6. The van der Waals surface area contributed by atoms with Gasteiger partial charge in [-0.1, -0.05) is 37.5 Å². The van der Waals surface area contributed by atoms with Gasteiger partial charge in [0, 0.05) is 55.7 Å². The molecule has 2 aliphatic rings. The summed E-state index contributed by atoms with van der Waals surface area (Å²) < 4.78 is 0. The first-order valence-electron chi connectivity index (χ1n) is 11.2. The molecule has 1 aromatic heterocycles. The lowest BCUT2D eigenvalue weighted by Gasteiger charge is -2.40. The van der Waals surface area contributed by atoms with Crippen molar-refractivity contribution < 1.29 is 9.59 Å². The zero-order valence-corrected chi connectivity index (χ0v) is 17.6. The van der Waals surface area contributed by atoms with Crippen LogP contribution in [-0.4, -0.2) is 71.4 Å². The number of nitrogens with one attached hydrogen (secondary N) is 2. The molecule has 7 heteroatoms. The Kier molecular flexibility index (Phi) is 6.69. The monoisotopic (exact) mass is 411 g/mol. The highest BCUT2D eigenvalue weighted by Crippen LogP contribution is 2.23. The maximum Gasteiger partial charge on any atom is 0.240 e. The fourth-order valence-electron chi connectivity index (χ4n) is 4.92. The van der Waals surface area contributed by atoms with Crippen LogP contribution >= 0.6 is 0 Å². The van der Waals surface area contributed by atoms with Crippen molar-refractivity contribution in [3.8, 4) is 0 Å². The Balaban J connectivity index is 1.28. The third-order valence-corrected chi connectivity index (χ3v) is 6.64. The number of H-pyrrole nitrogens is 1. The molecular weight excluding hydrogens is 378 g/mol. The predicted octanol–water partition coefficient (Wildman–Crippen LogP) is 1.63. The molecule has 1 saturated carbocycles. The summed E-state index contributed by atoms with van der Waals surface area (Å²) in [6.45, 7) is 4.15. The number of nitrogens with zero attached hydrogens (tertiary/aromatic N) is 2.